The van der Waals surface area contributed by atoms with E-state index in [-0.39, 0.29) is 11.1 Å². The number of rotatable bonds is 2. The SMILES string of the molecule is COC(=O)C1=CCCC=C1C(=O)O. The Morgan fingerprint density at radius 1 is 1.31 bits per heavy atom. The largest absolute Gasteiger partial charge is 0.478 e. The molecule has 1 rings (SSSR count). The lowest BCUT2D eigenvalue weighted by atomic mass is 9.98. The summed E-state index contributed by atoms with van der Waals surface area (Å²) in [5.74, 6) is -1.68. The Morgan fingerprint density at radius 2 is 1.85 bits per heavy atom. The quantitative estimate of drug-likeness (QED) is 0.644. The fourth-order valence-corrected chi connectivity index (χ4v) is 1.18. The van der Waals surface area contributed by atoms with E-state index >= 15 is 0 Å². The molecule has 0 saturated heterocycles. The first-order valence-electron chi connectivity index (χ1n) is 3.89. The van der Waals surface area contributed by atoms with Crippen LogP contribution in [0, 0.1) is 0 Å². The maximum Gasteiger partial charge on any atom is 0.338 e. The van der Waals surface area contributed by atoms with Gasteiger partial charge in [0.05, 0.1) is 18.3 Å². The minimum atomic E-state index is -1.09. The summed E-state index contributed by atoms with van der Waals surface area (Å²) in [6, 6.07) is 0. The predicted octanol–water partition coefficient (Wildman–Crippen LogP) is 0.891. The molecular weight excluding hydrogens is 172 g/mol. The molecule has 1 aliphatic carbocycles. The molecule has 0 amide bonds. The Labute approximate surface area is 75.5 Å². The Bertz CT molecular complexity index is 299. The van der Waals surface area contributed by atoms with E-state index in [0.29, 0.717) is 12.8 Å². The van der Waals surface area contributed by atoms with Gasteiger partial charge in [-0.25, -0.2) is 9.59 Å². The topological polar surface area (TPSA) is 63.6 Å². The number of methoxy groups -OCH3 is 1. The molecule has 4 nitrogen and oxygen atoms in total. The van der Waals surface area contributed by atoms with Crippen LogP contribution in [0.25, 0.3) is 0 Å². The molecule has 0 saturated carbocycles. The number of allylic oxidation sites excluding steroid dienone is 2. The number of ether oxygens (including phenoxy) is 1. The van der Waals surface area contributed by atoms with Crippen LogP contribution in [-0.2, 0) is 14.3 Å². The predicted molar refractivity (Wildman–Crippen MR) is 45.1 cm³/mol. The number of hydrogen-bond acceptors (Lipinski definition) is 3. The monoisotopic (exact) mass is 182 g/mol. The van der Waals surface area contributed by atoms with Crippen molar-refractivity contribution in [3.63, 3.8) is 0 Å². The van der Waals surface area contributed by atoms with Crippen LogP contribution < -0.4 is 0 Å². The van der Waals surface area contributed by atoms with E-state index in [2.05, 4.69) is 4.74 Å². The Morgan fingerprint density at radius 3 is 2.31 bits per heavy atom. The third kappa shape index (κ3) is 1.96. The molecule has 1 N–H and O–H groups in total. The van der Waals surface area contributed by atoms with Crippen LogP contribution in [0.5, 0.6) is 0 Å². The number of carbonyl (C=O) groups excluding carboxylic acids is 1. The van der Waals surface area contributed by atoms with E-state index in [1.54, 1.807) is 6.08 Å². The number of carboxylic acids is 1. The van der Waals surface area contributed by atoms with Crippen molar-refractivity contribution < 1.29 is 19.4 Å². The van der Waals surface area contributed by atoms with Gasteiger partial charge in [-0.3, -0.25) is 0 Å². The van der Waals surface area contributed by atoms with Crippen LogP contribution in [0.1, 0.15) is 12.8 Å². The van der Waals surface area contributed by atoms with Crippen LogP contribution >= 0.6 is 0 Å². The highest BCUT2D eigenvalue weighted by Crippen LogP contribution is 2.19. The average Bonchev–Trinajstić information content (AvgIpc) is 2.16. The number of esters is 1. The van der Waals surface area contributed by atoms with Crippen LogP contribution in [0.15, 0.2) is 23.3 Å². The summed E-state index contributed by atoms with van der Waals surface area (Å²) in [5.41, 5.74) is 0.194. The number of carbonyl (C=O) groups is 2. The first-order chi connectivity index (χ1) is 6.16. The fourth-order valence-electron chi connectivity index (χ4n) is 1.18. The summed E-state index contributed by atoms with van der Waals surface area (Å²) in [6.45, 7) is 0. The van der Waals surface area contributed by atoms with Gasteiger partial charge in [0.25, 0.3) is 0 Å². The van der Waals surface area contributed by atoms with E-state index in [4.69, 9.17) is 5.11 Å². The molecule has 0 aromatic rings. The van der Waals surface area contributed by atoms with Gasteiger partial charge in [-0.1, -0.05) is 12.2 Å². The number of aliphatic carboxylic acids is 1. The van der Waals surface area contributed by atoms with Gasteiger partial charge in [0.15, 0.2) is 0 Å². The summed E-state index contributed by atoms with van der Waals surface area (Å²) in [4.78, 5) is 21.8. The highest BCUT2D eigenvalue weighted by Gasteiger charge is 2.21. The summed E-state index contributed by atoms with van der Waals surface area (Å²) >= 11 is 0. The smallest absolute Gasteiger partial charge is 0.338 e. The van der Waals surface area contributed by atoms with E-state index in [0.717, 1.165) is 0 Å². The highest BCUT2D eigenvalue weighted by molar-refractivity contribution is 6.06. The molecule has 0 heterocycles. The lowest BCUT2D eigenvalue weighted by molar-refractivity contribution is -0.138. The van der Waals surface area contributed by atoms with Gasteiger partial charge in [-0.05, 0) is 12.8 Å². The maximum absolute atomic E-state index is 11.1. The van der Waals surface area contributed by atoms with Gasteiger partial charge in [0.2, 0.25) is 0 Å². The van der Waals surface area contributed by atoms with Crippen molar-refractivity contribution in [3.8, 4) is 0 Å². The van der Waals surface area contributed by atoms with E-state index < -0.39 is 11.9 Å². The van der Waals surface area contributed by atoms with Crippen molar-refractivity contribution in [1.82, 2.24) is 0 Å². The third-order valence-corrected chi connectivity index (χ3v) is 1.79. The van der Waals surface area contributed by atoms with Gasteiger partial charge in [0.1, 0.15) is 0 Å². The van der Waals surface area contributed by atoms with Gasteiger partial charge in [-0.2, -0.15) is 0 Å². The normalized spacial score (nSPS) is 15.8. The number of hydrogen-bond donors (Lipinski definition) is 1. The van der Waals surface area contributed by atoms with Crippen molar-refractivity contribution in [2.24, 2.45) is 0 Å². The lowest BCUT2D eigenvalue weighted by Crippen LogP contribution is -2.15. The molecule has 0 unspecified atom stereocenters. The maximum atomic E-state index is 11.1. The molecule has 0 bridgehead atoms. The Balaban J connectivity index is 2.94. The highest BCUT2D eigenvalue weighted by atomic mass is 16.5. The summed E-state index contributed by atoms with van der Waals surface area (Å²) in [7, 11) is 1.23. The molecule has 0 aromatic carbocycles. The molecule has 4 heteroatoms. The zero-order chi connectivity index (χ0) is 9.84. The minimum absolute atomic E-state index is 0.0399. The molecule has 0 fully saturated rings. The van der Waals surface area contributed by atoms with Crippen molar-refractivity contribution in [2.75, 3.05) is 7.11 Å². The molecule has 0 spiro atoms. The van der Waals surface area contributed by atoms with Crippen molar-refractivity contribution in [2.45, 2.75) is 12.8 Å². The van der Waals surface area contributed by atoms with Crippen LogP contribution in [-0.4, -0.2) is 24.2 Å². The van der Waals surface area contributed by atoms with Gasteiger partial charge < -0.3 is 9.84 Å². The summed E-state index contributed by atoms with van der Waals surface area (Å²) in [6.07, 6.45) is 4.47. The lowest BCUT2D eigenvalue weighted by Gasteiger charge is -2.09. The zero-order valence-electron chi connectivity index (χ0n) is 7.24. The van der Waals surface area contributed by atoms with Gasteiger partial charge in [0, 0.05) is 0 Å². The molecule has 0 radical (unpaired) electrons. The van der Waals surface area contributed by atoms with Gasteiger partial charge in [-0.15, -0.1) is 0 Å². The molecule has 13 heavy (non-hydrogen) atoms. The molecule has 0 aliphatic heterocycles. The first kappa shape index (κ1) is 9.51. The molecule has 70 valence electrons. The van der Waals surface area contributed by atoms with E-state index in [1.807, 2.05) is 0 Å². The number of carboxylic acid groups (broad SMARTS) is 1. The standard InChI is InChI=1S/C9H10O4/c1-13-9(12)7-5-3-2-4-6(7)8(10)11/h4-5H,2-3H2,1H3,(H,10,11). The second kappa shape index (κ2) is 3.89. The third-order valence-electron chi connectivity index (χ3n) is 1.79. The molecule has 0 aromatic heterocycles. The molecule has 1 aliphatic rings. The fraction of sp³-hybridized carbons (Fsp3) is 0.333. The van der Waals surface area contributed by atoms with Crippen molar-refractivity contribution in [1.29, 1.82) is 0 Å². The second-order valence-electron chi connectivity index (χ2n) is 2.61. The van der Waals surface area contributed by atoms with Crippen LogP contribution in [0.3, 0.4) is 0 Å². The van der Waals surface area contributed by atoms with Crippen LogP contribution in [0.4, 0.5) is 0 Å². The van der Waals surface area contributed by atoms with Crippen molar-refractivity contribution >= 4 is 11.9 Å². The Hall–Kier alpha value is -1.58. The van der Waals surface area contributed by atoms with E-state index in [9.17, 15) is 9.59 Å². The van der Waals surface area contributed by atoms with Gasteiger partial charge >= 0.3 is 11.9 Å². The average molecular weight is 182 g/mol. The van der Waals surface area contributed by atoms with Crippen molar-refractivity contribution in [3.05, 3.63) is 23.3 Å². The molecule has 0 atom stereocenters. The second-order valence-corrected chi connectivity index (χ2v) is 2.61. The Kier molecular flexibility index (Phi) is 2.84. The summed E-state index contributed by atoms with van der Waals surface area (Å²) in [5, 5.41) is 8.74. The zero-order valence-corrected chi connectivity index (χ0v) is 7.24. The van der Waals surface area contributed by atoms with E-state index in [1.165, 1.54) is 13.2 Å². The minimum Gasteiger partial charge on any atom is -0.478 e. The summed E-state index contributed by atoms with van der Waals surface area (Å²) < 4.78 is 4.46. The first-order valence-corrected chi connectivity index (χ1v) is 3.89. The van der Waals surface area contributed by atoms with Crippen LogP contribution in [0.2, 0.25) is 0 Å². The molecular formula is C9H10O4.